The summed E-state index contributed by atoms with van der Waals surface area (Å²) >= 11 is 0. The van der Waals surface area contributed by atoms with Crippen LogP contribution >= 0.6 is 0 Å². The summed E-state index contributed by atoms with van der Waals surface area (Å²) in [5.41, 5.74) is 2.54. The molecular weight excluding hydrogens is 534 g/mol. The van der Waals surface area contributed by atoms with Crippen molar-refractivity contribution in [3.63, 3.8) is 0 Å². The first-order valence-electron chi connectivity index (χ1n) is 15.8. The number of likely N-dealkylation sites (N-methyl/N-ethyl adjacent to an activating group) is 1. The van der Waals surface area contributed by atoms with Gasteiger partial charge in [0.2, 0.25) is 11.9 Å². The molecule has 1 aromatic carbocycles. The molecule has 234 valence electrons. The van der Waals surface area contributed by atoms with Crippen molar-refractivity contribution in [2.75, 3.05) is 70.2 Å². The number of unbranched alkanes of at least 4 members (excludes halogenated alkanes) is 4. The minimum absolute atomic E-state index is 0.327. The smallest absolute Gasteiger partial charge is 0.243 e. The van der Waals surface area contributed by atoms with Crippen molar-refractivity contribution in [2.45, 2.75) is 83.7 Å². The number of hydrogen-bond acceptors (Lipinski definition) is 10. The third-order valence-corrected chi connectivity index (χ3v) is 8.50. The van der Waals surface area contributed by atoms with E-state index in [2.05, 4.69) is 40.9 Å². The first-order valence-corrected chi connectivity index (χ1v) is 15.8. The van der Waals surface area contributed by atoms with E-state index in [0.717, 1.165) is 113 Å². The quantitative estimate of drug-likeness (QED) is 0.168. The zero-order valence-corrected chi connectivity index (χ0v) is 26.0. The van der Waals surface area contributed by atoms with Gasteiger partial charge in [0.25, 0.3) is 0 Å². The number of ether oxygens (including phenoxy) is 2. The van der Waals surface area contributed by atoms with Crippen LogP contribution in [-0.2, 0) is 4.79 Å². The highest BCUT2D eigenvalue weighted by molar-refractivity contribution is 5.93. The number of anilines is 2. The predicted octanol–water partition coefficient (Wildman–Crippen LogP) is 4.29. The lowest BCUT2D eigenvalue weighted by Crippen LogP contribution is -2.42. The van der Waals surface area contributed by atoms with Crippen LogP contribution in [0.5, 0.6) is 11.5 Å². The van der Waals surface area contributed by atoms with Crippen molar-refractivity contribution < 1.29 is 19.5 Å². The Morgan fingerprint density at radius 2 is 1.76 bits per heavy atom. The molecule has 0 spiro atoms. The summed E-state index contributed by atoms with van der Waals surface area (Å²) < 4.78 is 12.0. The lowest BCUT2D eigenvalue weighted by atomic mass is 10.0. The van der Waals surface area contributed by atoms with E-state index in [-0.39, 0.29) is 5.91 Å². The molecule has 0 radical (unpaired) electrons. The van der Waals surface area contributed by atoms with Crippen molar-refractivity contribution >= 4 is 28.6 Å². The van der Waals surface area contributed by atoms with E-state index in [1.54, 1.807) is 12.6 Å². The minimum Gasteiger partial charge on any atom is -0.493 e. The first kappa shape index (κ1) is 32.0. The Kier molecular flexibility index (Phi) is 12.3. The summed E-state index contributed by atoms with van der Waals surface area (Å²) in [6.07, 6.45) is 8.26. The summed E-state index contributed by atoms with van der Waals surface area (Å²) in [6.45, 7) is 11.2. The van der Waals surface area contributed by atoms with E-state index in [1.165, 1.54) is 0 Å². The molecule has 0 saturated carbocycles. The zero-order chi connectivity index (χ0) is 29.9. The van der Waals surface area contributed by atoms with Gasteiger partial charge in [-0.15, -0.1) is 0 Å². The molecule has 0 aliphatic carbocycles. The minimum atomic E-state index is -0.327. The molecule has 3 heterocycles. The molecule has 0 bridgehead atoms. The standard InChI is InChI=1S/C31H51N7O4/c1-23(2)37-16-12-24(13-17-37)32-30-25-21-27(41-4)28(42-20-9-7-5-6-8-11-29(39)35-40)22-26(25)33-31(34-30)38-15-10-14-36(3)18-19-38/h21-24,40H,5-20H2,1-4H3,(H,35,39)(H,32,33,34). The number of likely N-dealkylation sites (tertiary alicyclic amines) is 1. The monoisotopic (exact) mass is 585 g/mol. The number of piperidine rings is 1. The fraction of sp³-hybridized carbons (Fsp3) is 0.710. The molecule has 42 heavy (non-hydrogen) atoms. The van der Waals surface area contributed by atoms with Crippen LogP contribution in [0, 0.1) is 0 Å². The highest BCUT2D eigenvalue weighted by atomic mass is 16.5. The number of carbonyl (C=O) groups excluding carboxylic acids is 1. The maximum Gasteiger partial charge on any atom is 0.243 e. The van der Waals surface area contributed by atoms with Crippen molar-refractivity contribution in [2.24, 2.45) is 0 Å². The molecule has 1 amide bonds. The Hall–Kier alpha value is -2.89. The molecule has 4 rings (SSSR count). The third kappa shape index (κ3) is 9.05. The van der Waals surface area contributed by atoms with Crippen LogP contribution in [0.3, 0.4) is 0 Å². The molecule has 0 unspecified atom stereocenters. The predicted molar refractivity (Wildman–Crippen MR) is 167 cm³/mol. The van der Waals surface area contributed by atoms with Crippen molar-refractivity contribution in [3.05, 3.63) is 12.1 Å². The van der Waals surface area contributed by atoms with Crippen LogP contribution in [0.1, 0.15) is 71.6 Å². The van der Waals surface area contributed by atoms with Crippen LogP contribution in [0.25, 0.3) is 10.9 Å². The van der Waals surface area contributed by atoms with Crippen molar-refractivity contribution in [3.8, 4) is 11.5 Å². The highest BCUT2D eigenvalue weighted by Gasteiger charge is 2.24. The second-order valence-electron chi connectivity index (χ2n) is 12.0. The van der Waals surface area contributed by atoms with Crippen molar-refractivity contribution in [1.82, 2.24) is 25.2 Å². The Labute approximate surface area is 250 Å². The molecule has 2 fully saturated rings. The fourth-order valence-electron chi connectivity index (χ4n) is 5.80. The van der Waals surface area contributed by atoms with E-state index < -0.39 is 0 Å². The molecular formula is C31H51N7O4. The van der Waals surface area contributed by atoms with Gasteiger partial charge in [-0.1, -0.05) is 19.3 Å². The Balaban J connectivity index is 1.49. The van der Waals surface area contributed by atoms with E-state index in [9.17, 15) is 4.79 Å². The number of nitrogens with zero attached hydrogens (tertiary/aromatic N) is 5. The lowest BCUT2D eigenvalue weighted by Gasteiger charge is -2.35. The SMILES string of the molecule is COc1cc2c(NC3CCN(C(C)C)CC3)nc(N3CCCN(C)CC3)nc2cc1OCCCCCCCC(=O)NO. The molecule has 0 atom stereocenters. The number of hydrogen-bond donors (Lipinski definition) is 3. The van der Waals surface area contributed by atoms with E-state index >= 15 is 0 Å². The Morgan fingerprint density at radius 3 is 2.50 bits per heavy atom. The highest BCUT2D eigenvalue weighted by Crippen LogP contribution is 2.36. The fourth-order valence-corrected chi connectivity index (χ4v) is 5.80. The van der Waals surface area contributed by atoms with Gasteiger partial charge < -0.3 is 29.5 Å². The van der Waals surface area contributed by atoms with Crippen LogP contribution in [-0.4, -0.2) is 103 Å². The molecule has 3 N–H and O–H groups in total. The van der Waals surface area contributed by atoms with Gasteiger partial charge in [-0.25, -0.2) is 10.5 Å². The molecule has 2 aliphatic rings. The molecule has 1 aromatic heterocycles. The molecule has 11 nitrogen and oxygen atoms in total. The van der Waals surface area contributed by atoms with Crippen molar-refractivity contribution in [1.29, 1.82) is 0 Å². The van der Waals surface area contributed by atoms with Gasteiger partial charge in [0.05, 0.1) is 19.2 Å². The number of benzene rings is 1. The molecule has 2 aliphatic heterocycles. The number of nitrogens with one attached hydrogen (secondary N) is 2. The number of fused-ring (bicyclic) bond motifs is 1. The number of carbonyl (C=O) groups is 1. The van der Waals surface area contributed by atoms with Crippen LogP contribution in [0.4, 0.5) is 11.8 Å². The summed E-state index contributed by atoms with van der Waals surface area (Å²) in [4.78, 5) is 28.5. The van der Waals surface area contributed by atoms with Crippen LogP contribution < -0.4 is 25.2 Å². The maximum atomic E-state index is 11.1. The summed E-state index contributed by atoms with van der Waals surface area (Å²) in [5, 5.41) is 13.3. The number of aromatic nitrogens is 2. The third-order valence-electron chi connectivity index (χ3n) is 8.50. The number of methoxy groups -OCH3 is 1. The van der Waals surface area contributed by atoms with Gasteiger partial charge >= 0.3 is 0 Å². The zero-order valence-electron chi connectivity index (χ0n) is 26.0. The van der Waals surface area contributed by atoms with E-state index in [0.29, 0.717) is 36.6 Å². The number of rotatable bonds is 14. The van der Waals surface area contributed by atoms with Gasteiger partial charge in [0, 0.05) is 62.7 Å². The van der Waals surface area contributed by atoms with E-state index in [4.69, 9.17) is 24.6 Å². The summed E-state index contributed by atoms with van der Waals surface area (Å²) in [6, 6.07) is 4.95. The summed E-state index contributed by atoms with van der Waals surface area (Å²) in [5.74, 6) is 2.69. The molecule has 2 saturated heterocycles. The average Bonchev–Trinajstić information content (AvgIpc) is 3.22. The first-order chi connectivity index (χ1) is 20.4. The maximum absolute atomic E-state index is 11.1. The number of hydroxylamine groups is 1. The van der Waals surface area contributed by atoms with Crippen LogP contribution in [0.2, 0.25) is 0 Å². The van der Waals surface area contributed by atoms with Gasteiger partial charge in [-0.2, -0.15) is 4.98 Å². The average molecular weight is 586 g/mol. The Bertz CT molecular complexity index is 1140. The van der Waals surface area contributed by atoms with Gasteiger partial charge in [0.15, 0.2) is 11.5 Å². The Morgan fingerprint density at radius 1 is 1.00 bits per heavy atom. The normalized spacial score (nSPS) is 17.4. The van der Waals surface area contributed by atoms with Gasteiger partial charge in [-0.05, 0) is 65.6 Å². The van der Waals surface area contributed by atoms with Gasteiger partial charge in [0.1, 0.15) is 5.82 Å². The second kappa shape index (κ2) is 16.1. The second-order valence-corrected chi connectivity index (χ2v) is 12.0. The topological polar surface area (TPSA) is 115 Å². The van der Waals surface area contributed by atoms with E-state index in [1.807, 2.05) is 12.1 Å². The molecule has 2 aromatic rings. The largest absolute Gasteiger partial charge is 0.493 e. The molecule has 11 heteroatoms. The van der Waals surface area contributed by atoms with Crippen LogP contribution in [0.15, 0.2) is 12.1 Å². The lowest BCUT2D eigenvalue weighted by molar-refractivity contribution is -0.129. The summed E-state index contributed by atoms with van der Waals surface area (Å²) in [7, 11) is 3.85. The van der Waals surface area contributed by atoms with Gasteiger partial charge in [-0.3, -0.25) is 10.0 Å². The number of amides is 1.